The quantitative estimate of drug-likeness (QED) is 0.775. The Labute approximate surface area is 81.4 Å². The van der Waals surface area contributed by atoms with Crippen LogP contribution in [0.3, 0.4) is 0 Å². The van der Waals surface area contributed by atoms with E-state index in [1.807, 2.05) is 0 Å². The minimum Gasteiger partial charge on any atom is -0.329 e. The van der Waals surface area contributed by atoms with E-state index in [-0.39, 0.29) is 6.04 Å². The average molecular weight is 205 g/mol. The summed E-state index contributed by atoms with van der Waals surface area (Å²) >= 11 is 11.5. The van der Waals surface area contributed by atoms with Gasteiger partial charge in [0, 0.05) is 22.6 Å². The van der Waals surface area contributed by atoms with Crippen molar-refractivity contribution < 1.29 is 0 Å². The van der Waals surface area contributed by atoms with Gasteiger partial charge in [0.2, 0.25) is 0 Å². The van der Waals surface area contributed by atoms with E-state index >= 15 is 0 Å². The molecule has 0 aliphatic carbocycles. The van der Waals surface area contributed by atoms with Gasteiger partial charge in [0.25, 0.3) is 0 Å². The van der Waals surface area contributed by atoms with Gasteiger partial charge in [-0.1, -0.05) is 23.2 Å². The Morgan fingerprint density at radius 2 is 1.67 bits per heavy atom. The zero-order valence-electron chi connectivity index (χ0n) is 6.43. The Kier molecular flexibility index (Phi) is 3.35. The van der Waals surface area contributed by atoms with Gasteiger partial charge in [-0.2, -0.15) is 0 Å². The number of benzene rings is 1. The van der Waals surface area contributed by atoms with E-state index in [0.29, 0.717) is 16.6 Å². The first-order chi connectivity index (χ1) is 5.63. The molecule has 1 rings (SSSR count). The van der Waals surface area contributed by atoms with Gasteiger partial charge >= 0.3 is 0 Å². The van der Waals surface area contributed by atoms with Crippen molar-refractivity contribution in [3.05, 3.63) is 33.8 Å². The van der Waals surface area contributed by atoms with Crippen LogP contribution < -0.4 is 11.5 Å². The van der Waals surface area contributed by atoms with Crippen LogP contribution in [0.15, 0.2) is 18.2 Å². The van der Waals surface area contributed by atoms with Crippen molar-refractivity contribution in [2.45, 2.75) is 6.04 Å². The monoisotopic (exact) mass is 204 g/mol. The number of nitrogens with two attached hydrogens (primary N) is 2. The van der Waals surface area contributed by atoms with Crippen LogP contribution in [0.5, 0.6) is 0 Å². The van der Waals surface area contributed by atoms with Crippen molar-refractivity contribution >= 4 is 23.2 Å². The molecule has 0 saturated heterocycles. The molecule has 4 heteroatoms. The molecule has 0 heterocycles. The Balaban J connectivity index is 3.00. The molecule has 66 valence electrons. The summed E-state index contributed by atoms with van der Waals surface area (Å²) < 4.78 is 0. The van der Waals surface area contributed by atoms with Gasteiger partial charge < -0.3 is 11.5 Å². The third kappa shape index (κ3) is 2.35. The van der Waals surface area contributed by atoms with Crippen LogP contribution in [0.1, 0.15) is 11.6 Å². The first-order valence-corrected chi connectivity index (χ1v) is 4.30. The van der Waals surface area contributed by atoms with Crippen LogP contribution in [0, 0.1) is 0 Å². The van der Waals surface area contributed by atoms with Gasteiger partial charge in [-0.3, -0.25) is 0 Å². The lowest BCUT2D eigenvalue weighted by atomic mass is 10.1. The fourth-order valence-corrected chi connectivity index (χ4v) is 1.47. The van der Waals surface area contributed by atoms with Gasteiger partial charge in [-0.25, -0.2) is 0 Å². The smallest absolute Gasteiger partial charge is 0.0424 e. The highest BCUT2D eigenvalue weighted by Gasteiger charge is 2.05. The summed E-state index contributed by atoms with van der Waals surface area (Å²) in [6.07, 6.45) is 0. The van der Waals surface area contributed by atoms with Crippen molar-refractivity contribution in [3.63, 3.8) is 0 Å². The SMILES string of the molecule is NC[C@H](N)c1cc(Cl)cc(Cl)c1. The molecule has 2 nitrogen and oxygen atoms in total. The molecule has 1 aromatic carbocycles. The molecule has 0 radical (unpaired) electrons. The first-order valence-electron chi connectivity index (χ1n) is 3.55. The molecular formula is C8H10Cl2N2. The lowest BCUT2D eigenvalue weighted by molar-refractivity contribution is 0.737. The van der Waals surface area contributed by atoms with Gasteiger partial charge in [-0.05, 0) is 23.8 Å². The van der Waals surface area contributed by atoms with Crippen molar-refractivity contribution in [2.75, 3.05) is 6.54 Å². The van der Waals surface area contributed by atoms with Crippen LogP contribution in [0.25, 0.3) is 0 Å². The standard InChI is InChI=1S/C8H10Cl2N2/c9-6-1-5(8(12)4-11)2-7(10)3-6/h1-3,8H,4,11-12H2/t8-/m0/s1. The van der Waals surface area contributed by atoms with Crippen LogP contribution in [-0.2, 0) is 0 Å². The van der Waals surface area contributed by atoms with Crippen molar-refractivity contribution in [3.8, 4) is 0 Å². The fraction of sp³-hybridized carbons (Fsp3) is 0.250. The molecular weight excluding hydrogens is 195 g/mol. The van der Waals surface area contributed by atoms with E-state index in [1.54, 1.807) is 18.2 Å². The van der Waals surface area contributed by atoms with E-state index in [2.05, 4.69) is 0 Å². The van der Waals surface area contributed by atoms with Gasteiger partial charge in [0.15, 0.2) is 0 Å². The Hall–Kier alpha value is -0.280. The van der Waals surface area contributed by atoms with Gasteiger partial charge in [0.05, 0.1) is 0 Å². The molecule has 0 unspecified atom stereocenters. The lowest BCUT2D eigenvalue weighted by Gasteiger charge is -2.09. The maximum Gasteiger partial charge on any atom is 0.0424 e. The third-order valence-corrected chi connectivity index (χ3v) is 2.00. The highest BCUT2D eigenvalue weighted by atomic mass is 35.5. The Bertz CT molecular complexity index is 256. The summed E-state index contributed by atoms with van der Waals surface area (Å²) in [5, 5.41) is 1.17. The predicted octanol–water partition coefficient (Wildman–Crippen LogP) is 1.95. The molecule has 0 saturated carbocycles. The maximum absolute atomic E-state index is 5.77. The number of hydrogen-bond acceptors (Lipinski definition) is 2. The zero-order chi connectivity index (χ0) is 9.14. The van der Waals surface area contributed by atoms with E-state index < -0.39 is 0 Å². The van der Waals surface area contributed by atoms with E-state index in [0.717, 1.165) is 5.56 Å². The number of hydrogen-bond donors (Lipinski definition) is 2. The summed E-state index contributed by atoms with van der Waals surface area (Å²) in [5.41, 5.74) is 12.0. The molecule has 0 bridgehead atoms. The molecule has 0 aliphatic heterocycles. The summed E-state index contributed by atoms with van der Waals surface area (Å²) in [6, 6.07) is 5.01. The Morgan fingerprint density at radius 3 is 2.08 bits per heavy atom. The molecule has 4 N–H and O–H groups in total. The van der Waals surface area contributed by atoms with Gasteiger partial charge in [-0.15, -0.1) is 0 Å². The molecule has 1 aromatic rings. The molecule has 0 fully saturated rings. The summed E-state index contributed by atoms with van der Waals surface area (Å²) in [7, 11) is 0. The van der Waals surface area contributed by atoms with E-state index in [1.165, 1.54) is 0 Å². The second-order valence-corrected chi connectivity index (χ2v) is 3.42. The summed E-state index contributed by atoms with van der Waals surface area (Å²) in [5.74, 6) is 0. The normalized spacial score (nSPS) is 13.0. The molecule has 0 aliphatic rings. The second-order valence-electron chi connectivity index (χ2n) is 2.54. The molecule has 1 atom stereocenters. The van der Waals surface area contributed by atoms with Crippen LogP contribution >= 0.6 is 23.2 Å². The number of rotatable bonds is 2. The average Bonchev–Trinajstić information content (AvgIpc) is 2.01. The maximum atomic E-state index is 5.77. The highest BCUT2D eigenvalue weighted by Crippen LogP contribution is 2.21. The fourth-order valence-electron chi connectivity index (χ4n) is 0.925. The lowest BCUT2D eigenvalue weighted by Crippen LogP contribution is -2.20. The molecule has 0 spiro atoms. The largest absolute Gasteiger partial charge is 0.329 e. The second kappa shape index (κ2) is 4.10. The van der Waals surface area contributed by atoms with Crippen LogP contribution in [-0.4, -0.2) is 6.54 Å². The summed E-state index contributed by atoms with van der Waals surface area (Å²) in [6.45, 7) is 0.386. The summed E-state index contributed by atoms with van der Waals surface area (Å²) in [4.78, 5) is 0. The van der Waals surface area contributed by atoms with Crippen molar-refractivity contribution in [2.24, 2.45) is 11.5 Å². The van der Waals surface area contributed by atoms with Crippen molar-refractivity contribution in [1.82, 2.24) is 0 Å². The first kappa shape index (κ1) is 9.81. The van der Waals surface area contributed by atoms with Gasteiger partial charge in [0.1, 0.15) is 0 Å². The molecule has 0 amide bonds. The molecule has 0 aromatic heterocycles. The van der Waals surface area contributed by atoms with E-state index in [4.69, 9.17) is 34.7 Å². The van der Waals surface area contributed by atoms with E-state index in [9.17, 15) is 0 Å². The minimum atomic E-state index is -0.193. The Morgan fingerprint density at radius 1 is 1.17 bits per heavy atom. The third-order valence-electron chi connectivity index (χ3n) is 1.57. The topological polar surface area (TPSA) is 52.0 Å². The van der Waals surface area contributed by atoms with Crippen molar-refractivity contribution in [1.29, 1.82) is 0 Å². The predicted molar refractivity (Wildman–Crippen MR) is 52.4 cm³/mol. The zero-order valence-corrected chi connectivity index (χ0v) is 7.94. The molecule has 12 heavy (non-hydrogen) atoms. The minimum absolute atomic E-state index is 0.193. The van der Waals surface area contributed by atoms with Crippen LogP contribution in [0.4, 0.5) is 0 Å². The number of halogens is 2. The van der Waals surface area contributed by atoms with Crippen LogP contribution in [0.2, 0.25) is 10.0 Å². The highest BCUT2D eigenvalue weighted by molar-refractivity contribution is 6.34.